The van der Waals surface area contributed by atoms with E-state index < -0.39 is 5.97 Å². The number of aromatic carboxylic acids is 1. The second-order valence-corrected chi connectivity index (χ2v) is 4.59. The molecule has 0 bridgehead atoms. The Morgan fingerprint density at radius 1 is 1.39 bits per heavy atom. The molecular formula is C14H10N2O2. The van der Waals surface area contributed by atoms with Gasteiger partial charge >= 0.3 is 5.97 Å². The van der Waals surface area contributed by atoms with Crippen molar-refractivity contribution in [1.29, 1.82) is 5.26 Å². The van der Waals surface area contributed by atoms with E-state index in [1.807, 2.05) is 12.1 Å². The third-order valence-electron chi connectivity index (χ3n) is 3.49. The highest BCUT2D eigenvalue weighted by atomic mass is 16.4. The predicted molar refractivity (Wildman–Crippen MR) is 65.2 cm³/mol. The topological polar surface area (TPSA) is 74.0 Å². The van der Waals surface area contributed by atoms with E-state index in [0.717, 1.165) is 18.4 Å². The average molecular weight is 238 g/mol. The maximum Gasteiger partial charge on any atom is 0.336 e. The van der Waals surface area contributed by atoms with E-state index in [-0.39, 0.29) is 11.0 Å². The minimum Gasteiger partial charge on any atom is -0.478 e. The van der Waals surface area contributed by atoms with Gasteiger partial charge in [-0.2, -0.15) is 5.26 Å². The molecule has 3 rings (SSSR count). The number of carboxylic acid groups (broad SMARTS) is 1. The molecule has 0 unspecified atom stereocenters. The Balaban J connectivity index is 2.21. The Bertz CT molecular complexity index is 696. The summed E-state index contributed by atoms with van der Waals surface area (Å²) in [4.78, 5) is 15.3. The van der Waals surface area contributed by atoms with Crippen LogP contribution in [0.15, 0.2) is 30.5 Å². The van der Waals surface area contributed by atoms with Gasteiger partial charge in [-0.25, -0.2) is 4.79 Å². The van der Waals surface area contributed by atoms with Crippen LogP contribution < -0.4 is 0 Å². The lowest BCUT2D eigenvalue weighted by Crippen LogP contribution is -2.03. The van der Waals surface area contributed by atoms with Crippen LogP contribution in [0.1, 0.15) is 28.8 Å². The van der Waals surface area contributed by atoms with Crippen molar-refractivity contribution < 1.29 is 9.90 Å². The van der Waals surface area contributed by atoms with Gasteiger partial charge in [-0.1, -0.05) is 12.1 Å². The number of benzene rings is 1. The highest BCUT2D eigenvalue weighted by molar-refractivity contribution is 6.02. The molecule has 0 radical (unpaired) electrons. The second kappa shape index (κ2) is 3.54. The minimum atomic E-state index is -0.962. The summed E-state index contributed by atoms with van der Waals surface area (Å²) in [6.45, 7) is 0. The summed E-state index contributed by atoms with van der Waals surface area (Å²) in [6, 6.07) is 9.23. The van der Waals surface area contributed by atoms with Crippen molar-refractivity contribution in [3.63, 3.8) is 0 Å². The number of nitriles is 1. The molecule has 0 aliphatic heterocycles. The number of fused-ring (bicyclic) bond motifs is 1. The average Bonchev–Trinajstić information content (AvgIpc) is 3.18. The fraction of sp³-hybridized carbons (Fsp3) is 0.214. The van der Waals surface area contributed by atoms with E-state index in [1.54, 1.807) is 6.07 Å². The largest absolute Gasteiger partial charge is 0.478 e. The van der Waals surface area contributed by atoms with Crippen LogP contribution in [0.2, 0.25) is 0 Å². The molecule has 1 aromatic heterocycles. The highest BCUT2D eigenvalue weighted by Gasteiger charge is 2.44. The molecule has 1 N–H and O–H groups in total. The Hall–Kier alpha value is -2.41. The molecule has 1 saturated carbocycles. The van der Waals surface area contributed by atoms with Gasteiger partial charge < -0.3 is 5.11 Å². The van der Waals surface area contributed by atoms with Crippen molar-refractivity contribution in [3.05, 3.63) is 41.6 Å². The molecule has 4 nitrogen and oxygen atoms in total. The van der Waals surface area contributed by atoms with Crippen LogP contribution in [0.5, 0.6) is 0 Å². The van der Waals surface area contributed by atoms with Crippen molar-refractivity contribution in [2.75, 3.05) is 0 Å². The maximum atomic E-state index is 11.1. The Labute approximate surface area is 103 Å². The van der Waals surface area contributed by atoms with E-state index in [9.17, 15) is 4.79 Å². The van der Waals surface area contributed by atoms with Gasteiger partial charge in [-0.15, -0.1) is 0 Å². The number of hydrogen-bond acceptors (Lipinski definition) is 3. The zero-order chi connectivity index (χ0) is 12.8. The zero-order valence-corrected chi connectivity index (χ0v) is 9.55. The summed E-state index contributed by atoms with van der Waals surface area (Å²) in [5, 5.41) is 18.9. The first-order valence-electron chi connectivity index (χ1n) is 5.70. The summed E-state index contributed by atoms with van der Waals surface area (Å²) in [6.07, 6.45) is 3.22. The highest BCUT2D eigenvalue weighted by Crippen LogP contribution is 2.47. The molecule has 0 spiro atoms. The number of carboxylic acids is 1. The molecule has 88 valence electrons. The van der Waals surface area contributed by atoms with Crippen molar-refractivity contribution in [1.82, 2.24) is 4.98 Å². The zero-order valence-electron chi connectivity index (χ0n) is 9.55. The van der Waals surface area contributed by atoms with E-state index in [0.29, 0.717) is 10.9 Å². The van der Waals surface area contributed by atoms with Crippen LogP contribution in [-0.2, 0) is 5.41 Å². The molecular weight excluding hydrogens is 228 g/mol. The van der Waals surface area contributed by atoms with Crippen molar-refractivity contribution in [2.45, 2.75) is 18.3 Å². The number of aromatic nitrogens is 1. The predicted octanol–water partition coefficient (Wildman–Crippen LogP) is 2.49. The first-order valence-corrected chi connectivity index (χ1v) is 5.70. The van der Waals surface area contributed by atoms with Gasteiger partial charge in [0.05, 0.1) is 22.6 Å². The molecule has 0 atom stereocenters. The first kappa shape index (κ1) is 10.7. The number of carbonyl (C=O) groups is 1. The van der Waals surface area contributed by atoms with E-state index in [4.69, 9.17) is 10.4 Å². The molecule has 1 heterocycles. The summed E-state index contributed by atoms with van der Waals surface area (Å²) in [5.74, 6) is -0.962. The lowest BCUT2D eigenvalue weighted by Gasteiger charge is -2.08. The quantitative estimate of drug-likeness (QED) is 0.872. The fourth-order valence-electron chi connectivity index (χ4n) is 2.22. The van der Waals surface area contributed by atoms with Crippen LogP contribution in [0, 0.1) is 11.3 Å². The lowest BCUT2D eigenvalue weighted by molar-refractivity contribution is 0.0699. The Morgan fingerprint density at radius 3 is 2.78 bits per heavy atom. The van der Waals surface area contributed by atoms with Gasteiger partial charge in [0, 0.05) is 11.6 Å². The molecule has 1 aliphatic rings. The van der Waals surface area contributed by atoms with Gasteiger partial charge in [0.2, 0.25) is 0 Å². The van der Waals surface area contributed by atoms with Gasteiger partial charge in [0.1, 0.15) is 0 Å². The van der Waals surface area contributed by atoms with Crippen LogP contribution >= 0.6 is 0 Å². The van der Waals surface area contributed by atoms with Crippen molar-refractivity contribution in [2.24, 2.45) is 0 Å². The molecule has 18 heavy (non-hydrogen) atoms. The molecule has 1 aliphatic carbocycles. The summed E-state index contributed by atoms with van der Waals surface area (Å²) in [7, 11) is 0. The lowest BCUT2D eigenvalue weighted by atomic mass is 9.95. The number of rotatable bonds is 2. The third kappa shape index (κ3) is 1.45. The molecule has 0 amide bonds. The minimum absolute atomic E-state index is 0.244. The van der Waals surface area contributed by atoms with Crippen LogP contribution in [-0.4, -0.2) is 16.1 Å². The number of hydrogen-bond donors (Lipinski definition) is 1. The van der Waals surface area contributed by atoms with Gasteiger partial charge in [-0.3, -0.25) is 4.98 Å². The first-order chi connectivity index (χ1) is 8.66. The summed E-state index contributed by atoms with van der Waals surface area (Å²) in [5.41, 5.74) is 1.45. The number of nitrogens with zero attached hydrogens (tertiary/aromatic N) is 2. The molecule has 2 aromatic rings. The third-order valence-corrected chi connectivity index (χ3v) is 3.49. The molecule has 1 aromatic carbocycles. The standard InChI is InChI=1S/C14H10N2O2/c15-8-14(4-5-14)9-1-2-10-11(13(17)18)3-6-16-12(10)7-9/h1-3,6-7H,4-5H2,(H,17,18). The maximum absolute atomic E-state index is 11.1. The van der Waals surface area contributed by atoms with Crippen molar-refractivity contribution in [3.8, 4) is 6.07 Å². The van der Waals surface area contributed by atoms with E-state index >= 15 is 0 Å². The molecule has 0 saturated heterocycles. The second-order valence-electron chi connectivity index (χ2n) is 4.59. The summed E-state index contributed by atoms with van der Waals surface area (Å²) < 4.78 is 0. The fourth-order valence-corrected chi connectivity index (χ4v) is 2.22. The van der Waals surface area contributed by atoms with E-state index in [2.05, 4.69) is 11.1 Å². The smallest absolute Gasteiger partial charge is 0.336 e. The summed E-state index contributed by atoms with van der Waals surface area (Å²) >= 11 is 0. The van der Waals surface area contributed by atoms with Crippen molar-refractivity contribution >= 4 is 16.9 Å². The molecule has 1 fully saturated rings. The van der Waals surface area contributed by atoms with Gasteiger partial charge in [-0.05, 0) is 30.5 Å². The molecule has 4 heteroatoms. The van der Waals surface area contributed by atoms with Crippen LogP contribution in [0.25, 0.3) is 10.9 Å². The Morgan fingerprint density at radius 2 is 2.17 bits per heavy atom. The van der Waals surface area contributed by atoms with Crippen LogP contribution in [0.4, 0.5) is 0 Å². The normalized spacial score (nSPS) is 16.2. The van der Waals surface area contributed by atoms with Gasteiger partial charge in [0.25, 0.3) is 0 Å². The van der Waals surface area contributed by atoms with Crippen LogP contribution in [0.3, 0.4) is 0 Å². The monoisotopic (exact) mass is 238 g/mol. The number of pyridine rings is 1. The Kier molecular flexibility index (Phi) is 2.11. The SMILES string of the molecule is N#CC1(c2ccc3c(C(=O)O)ccnc3c2)CC1. The van der Waals surface area contributed by atoms with Gasteiger partial charge in [0.15, 0.2) is 0 Å². The van der Waals surface area contributed by atoms with E-state index in [1.165, 1.54) is 12.3 Å².